The molecule has 0 N–H and O–H groups in total. The molecule has 2 heterocycles. The zero-order chi connectivity index (χ0) is 18.5. The number of amides is 2. The number of ether oxygens (including phenoxy) is 2. The molecular weight excluding hydrogens is 340 g/mol. The van der Waals surface area contributed by atoms with Crippen LogP contribution >= 0.6 is 0 Å². The van der Waals surface area contributed by atoms with E-state index in [0.29, 0.717) is 43.9 Å². The molecule has 0 spiro atoms. The lowest BCUT2D eigenvalue weighted by molar-refractivity contribution is -0.133. The third kappa shape index (κ3) is 4.14. The number of methoxy groups -OCH3 is 1. The highest BCUT2D eigenvalue weighted by Gasteiger charge is 2.22. The lowest BCUT2D eigenvalue weighted by Gasteiger charge is -2.21. The molecule has 1 fully saturated rings. The summed E-state index contributed by atoms with van der Waals surface area (Å²) in [6.07, 6.45) is 0.301. The van der Waals surface area contributed by atoms with Crippen molar-refractivity contribution >= 4 is 23.0 Å². The monoisotopic (exact) mass is 360 g/mol. The number of benzene rings is 1. The Bertz CT molecular complexity index is 862. The summed E-state index contributed by atoms with van der Waals surface area (Å²) in [7, 11) is 1.34. The van der Waals surface area contributed by atoms with E-state index in [4.69, 9.17) is 13.9 Å². The van der Waals surface area contributed by atoms with Gasteiger partial charge >= 0.3 is 11.7 Å². The fourth-order valence-electron chi connectivity index (χ4n) is 2.85. The minimum Gasteiger partial charge on any atom is -0.484 e. The Hall–Kier alpha value is -3.03. The smallest absolute Gasteiger partial charge is 0.409 e. The molecule has 0 aliphatic carbocycles. The van der Waals surface area contributed by atoms with Gasteiger partial charge in [-0.05, 0) is 24.6 Å². The van der Waals surface area contributed by atoms with Crippen LogP contribution in [0.15, 0.2) is 39.5 Å². The van der Waals surface area contributed by atoms with Crippen molar-refractivity contribution in [2.75, 3.05) is 39.9 Å². The maximum absolute atomic E-state index is 12.4. The molecule has 1 aliphatic rings. The van der Waals surface area contributed by atoms with Gasteiger partial charge in [0.05, 0.1) is 7.11 Å². The van der Waals surface area contributed by atoms with E-state index in [9.17, 15) is 14.4 Å². The molecule has 1 aromatic heterocycles. The quantitative estimate of drug-likeness (QED) is 0.770. The zero-order valence-electron chi connectivity index (χ0n) is 14.5. The summed E-state index contributed by atoms with van der Waals surface area (Å²) in [5.74, 6) is 0.289. The minimum atomic E-state index is -0.439. The molecular formula is C18H20N2O6. The second-order valence-corrected chi connectivity index (χ2v) is 5.93. The number of carbonyl (C=O) groups excluding carboxylic acids is 2. The van der Waals surface area contributed by atoms with Crippen molar-refractivity contribution in [1.82, 2.24) is 9.80 Å². The second-order valence-electron chi connectivity index (χ2n) is 5.93. The van der Waals surface area contributed by atoms with E-state index in [2.05, 4.69) is 0 Å². The Morgan fingerprint density at radius 2 is 1.81 bits per heavy atom. The predicted octanol–water partition coefficient (Wildman–Crippen LogP) is 1.47. The van der Waals surface area contributed by atoms with E-state index in [1.54, 1.807) is 34.1 Å². The van der Waals surface area contributed by atoms with Crippen molar-refractivity contribution in [2.45, 2.75) is 6.42 Å². The van der Waals surface area contributed by atoms with Gasteiger partial charge in [-0.15, -0.1) is 0 Å². The van der Waals surface area contributed by atoms with Crippen LogP contribution in [0.5, 0.6) is 5.75 Å². The average molecular weight is 360 g/mol. The van der Waals surface area contributed by atoms with Gasteiger partial charge in [-0.3, -0.25) is 4.79 Å². The fraction of sp³-hybridized carbons (Fsp3) is 0.389. The summed E-state index contributed by atoms with van der Waals surface area (Å²) in [6.45, 7) is 1.85. The highest BCUT2D eigenvalue weighted by Crippen LogP contribution is 2.19. The molecule has 8 heteroatoms. The van der Waals surface area contributed by atoms with Crippen molar-refractivity contribution < 1.29 is 23.5 Å². The largest absolute Gasteiger partial charge is 0.484 e. The van der Waals surface area contributed by atoms with Crippen molar-refractivity contribution in [3.05, 3.63) is 40.8 Å². The third-order valence-electron chi connectivity index (χ3n) is 4.24. The lowest BCUT2D eigenvalue weighted by atomic mass is 10.2. The molecule has 2 amide bonds. The van der Waals surface area contributed by atoms with Gasteiger partial charge in [0.15, 0.2) is 6.61 Å². The maximum atomic E-state index is 12.4. The van der Waals surface area contributed by atoms with E-state index >= 15 is 0 Å². The molecule has 0 saturated carbocycles. The number of carbonyl (C=O) groups is 2. The summed E-state index contributed by atoms with van der Waals surface area (Å²) in [5.41, 5.74) is -0.0311. The van der Waals surface area contributed by atoms with Gasteiger partial charge in [-0.25, -0.2) is 9.59 Å². The average Bonchev–Trinajstić information content (AvgIpc) is 2.91. The molecule has 2 aromatic rings. The van der Waals surface area contributed by atoms with E-state index in [1.165, 1.54) is 13.2 Å². The van der Waals surface area contributed by atoms with E-state index in [1.807, 2.05) is 0 Å². The van der Waals surface area contributed by atoms with Gasteiger partial charge in [0.25, 0.3) is 5.91 Å². The normalized spacial score (nSPS) is 14.8. The van der Waals surface area contributed by atoms with E-state index < -0.39 is 5.63 Å². The Kier molecular flexibility index (Phi) is 5.40. The Labute approximate surface area is 149 Å². The number of rotatable bonds is 3. The van der Waals surface area contributed by atoms with Crippen LogP contribution < -0.4 is 10.4 Å². The molecule has 26 heavy (non-hydrogen) atoms. The first kappa shape index (κ1) is 17.8. The first-order chi connectivity index (χ1) is 12.6. The van der Waals surface area contributed by atoms with Crippen LogP contribution in [-0.4, -0.2) is 61.7 Å². The number of nitrogens with zero attached hydrogens (tertiary/aromatic N) is 2. The van der Waals surface area contributed by atoms with Gasteiger partial charge in [-0.2, -0.15) is 0 Å². The molecule has 0 atom stereocenters. The van der Waals surface area contributed by atoms with E-state index in [0.717, 1.165) is 5.39 Å². The van der Waals surface area contributed by atoms with Crippen LogP contribution in [0.25, 0.3) is 11.0 Å². The minimum absolute atomic E-state index is 0.124. The summed E-state index contributed by atoms with van der Waals surface area (Å²) < 4.78 is 15.4. The van der Waals surface area contributed by atoms with Crippen molar-refractivity contribution in [1.29, 1.82) is 0 Å². The molecule has 3 rings (SSSR count). The molecule has 8 nitrogen and oxygen atoms in total. The Balaban J connectivity index is 1.58. The van der Waals surface area contributed by atoms with Gasteiger partial charge in [0.2, 0.25) is 0 Å². The maximum Gasteiger partial charge on any atom is 0.409 e. The third-order valence-corrected chi connectivity index (χ3v) is 4.24. The van der Waals surface area contributed by atoms with Crippen molar-refractivity contribution in [3.63, 3.8) is 0 Å². The lowest BCUT2D eigenvalue weighted by Crippen LogP contribution is -2.39. The zero-order valence-corrected chi connectivity index (χ0v) is 14.5. The molecule has 0 unspecified atom stereocenters. The predicted molar refractivity (Wildman–Crippen MR) is 93.2 cm³/mol. The Morgan fingerprint density at radius 1 is 1.08 bits per heavy atom. The number of fused-ring (bicyclic) bond motifs is 1. The summed E-state index contributed by atoms with van der Waals surface area (Å²) >= 11 is 0. The molecule has 1 saturated heterocycles. The number of hydrogen-bond acceptors (Lipinski definition) is 6. The van der Waals surface area contributed by atoms with Crippen LogP contribution in [-0.2, 0) is 9.53 Å². The van der Waals surface area contributed by atoms with Crippen LogP contribution in [0.1, 0.15) is 6.42 Å². The summed E-state index contributed by atoms with van der Waals surface area (Å²) in [6, 6.07) is 8.09. The van der Waals surface area contributed by atoms with Gasteiger partial charge in [0, 0.05) is 43.7 Å². The highest BCUT2D eigenvalue weighted by molar-refractivity contribution is 5.79. The standard InChI is InChI=1S/C18H20N2O6/c1-24-18(23)20-8-2-7-19(9-10-20)16(21)12-25-14-5-3-13-4-6-17(22)26-15(13)11-14/h3-6,11H,2,7-10,12H2,1H3. The van der Waals surface area contributed by atoms with Crippen molar-refractivity contribution in [3.8, 4) is 5.75 Å². The SMILES string of the molecule is COC(=O)N1CCCN(C(=O)COc2ccc3ccc(=O)oc3c2)CC1. The number of hydrogen-bond donors (Lipinski definition) is 0. The first-order valence-electron chi connectivity index (χ1n) is 8.34. The van der Waals surface area contributed by atoms with E-state index in [-0.39, 0.29) is 18.6 Å². The van der Waals surface area contributed by atoms with Crippen LogP contribution in [0, 0.1) is 0 Å². The first-order valence-corrected chi connectivity index (χ1v) is 8.34. The van der Waals surface area contributed by atoms with Crippen LogP contribution in [0.4, 0.5) is 4.79 Å². The topological polar surface area (TPSA) is 89.3 Å². The Morgan fingerprint density at radius 3 is 2.62 bits per heavy atom. The fourth-order valence-corrected chi connectivity index (χ4v) is 2.85. The molecule has 0 bridgehead atoms. The highest BCUT2D eigenvalue weighted by atomic mass is 16.5. The van der Waals surface area contributed by atoms with Gasteiger partial charge in [-0.1, -0.05) is 0 Å². The van der Waals surface area contributed by atoms with Gasteiger partial charge in [0.1, 0.15) is 11.3 Å². The molecule has 1 aliphatic heterocycles. The molecule has 0 radical (unpaired) electrons. The van der Waals surface area contributed by atoms with Crippen molar-refractivity contribution in [2.24, 2.45) is 0 Å². The van der Waals surface area contributed by atoms with Crippen LogP contribution in [0.2, 0.25) is 0 Å². The molecule has 138 valence electrons. The summed E-state index contributed by atoms with van der Waals surface area (Å²) in [4.78, 5) is 38.5. The second kappa shape index (κ2) is 7.90. The van der Waals surface area contributed by atoms with Gasteiger partial charge < -0.3 is 23.7 Å². The molecule has 1 aromatic carbocycles. The summed E-state index contributed by atoms with van der Waals surface area (Å²) in [5, 5.41) is 0.777. The van der Waals surface area contributed by atoms with Crippen LogP contribution in [0.3, 0.4) is 0 Å².